The predicted octanol–water partition coefficient (Wildman–Crippen LogP) is 2.67. The van der Waals surface area contributed by atoms with Gasteiger partial charge in [0, 0.05) is 0 Å². The van der Waals surface area contributed by atoms with Crippen molar-refractivity contribution in [3.63, 3.8) is 0 Å². The number of benzene rings is 1. The summed E-state index contributed by atoms with van der Waals surface area (Å²) in [6.07, 6.45) is -3.79. The first-order chi connectivity index (χ1) is 19.3. The van der Waals surface area contributed by atoms with Gasteiger partial charge >= 0.3 is 13.6 Å². The zero-order valence-electron chi connectivity index (χ0n) is 23.2. The van der Waals surface area contributed by atoms with Gasteiger partial charge in [0.25, 0.3) is 0 Å². The number of esters is 1. The zero-order valence-corrected chi connectivity index (χ0v) is 24.1. The number of nitrogens with two attached hydrogens (primary N) is 1. The van der Waals surface area contributed by atoms with Crippen LogP contribution in [0.4, 0.5) is 5.82 Å². The molecule has 0 unspecified atom stereocenters. The molecule has 1 aromatic carbocycles. The summed E-state index contributed by atoms with van der Waals surface area (Å²) in [4.78, 5) is 16.6. The van der Waals surface area contributed by atoms with Gasteiger partial charge in [0.1, 0.15) is 42.0 Å². The van der Waals surface area contributed by atoms with Crippen molar-refractivity contribution in [1.29, 1.82) is 5.26 Å². The number of aliphatic hydroxyl groups is 2. The van der Waals surface area contributed by atoms with Crippen molar-refractivity contribution in [2.24, 2.45) is 11.3 Å². The smallest absolute Gasteiger partial charge is 0.380 e. The van der Waals surface area contributed by atoms with Crippen molar-refractivity contribution in [1.82, 2.24) is 14.6 Å². The lowest BCUT2D eigenvalue weighted by Gasteiger charge is -2.25. The Labute approximate surface area is 237 Å². The summed E-state index contributed by atoms with van der Waals surface area (Å²) >= 11 is 0. The summed E-state index contributed by atoms with van der Waals surface area (Å²) in [7, 11) is -4.07. The average molecular weight is 588 g/mol. The number of hydrogen-bond acceptors (Lipinski definition) is 12. The number of fused-ring (bicyclic) bond motifs is 1. The van der Waals surface area contributed by atoms with E-state index >= 15 is 0 Å². The van der Waals surface area contributed by atoms with Crippen molar-refractivity contribution in [3.05, 3.63) is 54.5 Å². The van der Waals surface area contributed by atoms with Gasteiger partial charge in [-0.1, -0.05) is 45.9 Å². The van der Waals surface area contributed by atoms with Crippen molar-refractivity contribution in [2.75, 3.05) is 25.1 Å². The first kappa shape index (κ1) is 30.4. The van der Waals surface area contributed by atoms with Gasteiger partial charge in [0.15, 0.2) is 5.82 Å². The minimum Gasteiger partial charge on any atom is -0.465 e. The van der Waals surface area contributed by atoms with Gasteiger partial charge < -0.3 is 29.9 Å². The van der Waals surface area contributed by atoms with E-state index in [1.165, 1.54) is 16.9 Å². The number of aliphatic hydroxyl groups excluding tert-OH is 2. The Morgan fingerprint density at radius 3 is 2.63 bits per heavy atom. The first-order valence-electron chi connectivity index (χ1n) is 13.0. The number of aromatic nitrogens is 3. The fourth-order valence-electron chi connectivity index (χ4n) is 4.34. The standard InChI is InChI=1S/C27H34N5O8P/c1-17(25(35)37-15-26(2,3)4)13-41(36,40-18-8-6-5-7-9-18)38-12-20-22(33)23(34)27(14-28,39-20)21-11-10-19-24(29)30-16-31-32(19)21/h5-11,16-17,20,22-23,33-34H,12-13,15H2,1-4H3,(H2,29,30,31)/t17-,20-,22-,23-,27+,41+/m1/s1. The van der Waals surface area contributed by atoms with Crippen LogP contribution in [0.5, 0.6) is 5.75 Å². The maximum atomic E-state index is 14.0. The van der Waals surface area contributed by atoms with Crippen LogP contribution in [-0.2, 0) is 29.0 Å². The number of ether oxygens (including phenoxy) is 2. The Hall–Kier alpha value is -3.53. The highest BCUT2D eigenvalue weighted by Gasteiger charge is 2.58. The predicted molar refractivity (Wildman–Crippen MR) is 147 cm³/mol. The first-order valence-corrected chi connectivity index (χ1v) is 14.7. The van der Waals surface area contributed by atoms with E-state index in [1.807, 2.05) is 26.8 Å². The van der Waals surface area contributed by atoms with Crippen LogP contribution in [0.2, 0.25) is 0 Å². The molecule has 3 aromatic rings. The lowest BCUT2D eigenvalue weighted by Crippen LogP contribution is -2.41. The summed E-state index contributed by atoms with van der Waals surface area (Å²) in [5, 5.41) is 36.1. The van der Waals surface area contributed by atoms with Crippen molar-refractivity contribution in [3.8, 4) is 11.8 Å². The third kappa shape index (κ3) is 6.53. The minimum atomic E-state index is -4.07. The minimum absolute atomic E-state index is 0.108. The molecular formula is C27H34N5O8P. The van der Waals surface area contributed by atoms with Crippen LogP contribution in [0, 0.1) is 22.7 Å². The maximum absolute atomic E-state index is 14.0. The number of carbonyl (C=O) groups excluding carboxylic acids is 1. The summed E-state index contributed by atoms with van der Waals surface area (Å²) in [6.45, 7) is 6.93. The topological polar surface area (TPSA) is 192 Å². The van der Waals surface area contributed by atoms with Gasteiger partial charge in [-0.2, -0.15) is 10.4 Å². The Balaban J connectivity index is 1.55. The lowest BCUT2D eigenvalue weighted by molar-refractivity contribution is -0.150. The molecule has 4 N–H and O–H groups in total. The molecular weight excluding hydrogens is 553 g/mol. The number of carbonyl (C=O) groups is 1. The van der Waals surface area contributed by atoms with Crippen LogP contribution in [0.1, 0.15) is 33.4 Å². The molecule has 0 spiro atoms. The summed E-state index contributed by atoms with van der Waals surface area (Å²) < 4.78 is 38.0. The van der Waals surface area contributed by atoms with E-state index in [0.717, 1.165) is 0 Å². The van der Waals surface area contributed by atoms with Gasteiger partial charge in [-0.25, -0.2) is 14.1 Å². The molecule has 1 aliphatic rings. The molecule has 0 radical (unpaired) electrons. The normalized spacial score (nSPS) is 24.9. The molecule has 0 saturated carbocycles. The van der Waals surface area contributed by atoms with Crippen LogP contribution in [0.25, 0.3) is 5.52 Å². The van der Waals surface area contributed by atoms with Gasteiger partial charge in [-0.3, -0.25) is 9.32 Å². The summed E-state index contributed by atoms with van der Waals surface area (Å²) in [5.74, 6) is -1.05. The van der Waals surface area contributed by atoms with E-state index in [0.29, 0.717) is 5.52 Å². The highest BCUT2D eigenvalue weighted by atomic mass is 31.2. The molecule has 14 heteroatoms. The van der Waals surface area contributed by atoms with Gasteiger partial charge in [0.05, 0.1) is 31.0 Å². The van der Waals surface area contributed by atoms with E-state index in [4.69, 9.17) is 24.3 Å². The Bertz CT molecular complexity index is 1470. The van der Waals surface area contributed by atoms with Gasteiger partial charge in [-0.15, -0.1) is 0 Å². The van der Waals surface area contributed by atoms with Crippen molar-refractivity contribution >= 4 is 24.9 Å². The molecule has 1 saturated heterocycles. The number of hydrogen-bond donors (Lipinski definition) is 3. The fraction of sp³-hybridized carbons (Fsp3) is 0.481. The quantitative estimate of drug-likeness (QED) is 0.232. The molecule has 6 atom stereocenters. The summed E-state index contributed by atoms with van der Waals surface area (Å²) in [6, 6.07) is 13.2. The van der Waals surface area contributed by atoms with Crippen LogP contribution in [0.15, 0.2) is 48.8 Å². The second kappa shape index (κ2) is 11.8. The van der Waals surface area contributed by atoms with Gasteiger partial charge in [-0.05, 0) is 29.7 Å². The molecule has 1 aliphatic heterocycles. The Morgan fingerprint density at radius 2 is 1.98 bits per heavy atom. The number of para-hydroxylation sites is 1. The highest BCUT2D eigenvalue weighted by Crippen LogP contribution is 2.51. The van der Waals surface area contributed by atoms with Crippen LogP contribution in [0.3, 0.4) is 0 Å². The Morgan fingerprint density at radius 1 is 1.27 bits per heavy atom. The van der Waals surface area contributed by atoms with Crippen LogP contribution in [-0.4, -0.2) is 68.5 Å². The van der Waals surface area contributed by atoms with Crippen LogP contribution < -0.4 is 10.3 Å². The van der Waals surface area contributed by atoms with Crippen LogP contribution >= 0.6 is 7.60 Å². The summed E-state index contributed by atoms with van der Waals surface area (Å²) in [5.41, 5.74) is 4.05. The number of rotatable bonds is 10. The monoisotopic (exact) mass is 587 g/mol. The number of anilines is 1. The maximum Gasteiger partial charge on any atom is 0.380 e. The van der Waals surface area contributed by atoms with E-state index in [-0.39, 0.29) is 35.4 Å². The van der Waals surface area contributed by atoms with Gasteiger partial charge in [0.2, 0.25) is 5.60 Å². The van der Waals surface area contributed by atoms with E-state index in [9.17, 15) is 24.8 Å². The fourth-order valence-corrected chi connectivity index (χ4v) is 6.20. The third-order valence-corrected chi connectivity index (χ3v) is 8.48. The number of nitriles is 1. The van der Waals surface area contributed by atoms with E-state index in [2.05, 4.69) is 10.1 Å². The Kier molecular flexibility index (Phi) is 8.73. The number of nitrogen functional groups attached to an aromatic ring is 1. The molecule has 41 heavy (non-hydrogen) atoms. The molecule has 13 nitrogen and oxygen atoms in total. The van der Waals surface area contributed by atoms with Crippen molar-refractivity contribution in [2.45, 2.75) is 51.6 Å². The number of nitrogens with zero attached hydrogens (tertiary/aromatic N) is 4. The molecule has 2 aromatic heterocycles. The van der Waals surface area contributed by atoms with E-state index in [1.54, 1.807) is 43.3 Å². The molecule has 4 rings (SSSR count). The average Bonchev–Trinajstić information content (AvgIpc) is 3.47. The van der Waals surface area contributed by atoms with E-state index < -0.39 is 50.0 Å². The molecule has 1 fully saturated rings. The molecule has 0 bridgehead atoms. The zero-order chi connectivity index (χ0) is 30.0. The SMILES string of the molecule is C[C@H](C[P@](=O)(OC[C@H]1O[C@@](C#N)(c2ccc3c(N)ncnn23)[C@H](O)[C@@H]1O)Oc1ccccc1)C(=O)OCC(C)(C)C. The second-order valence-electron chi connectivity index (χ2n) is 11.2. The lowest BCUT2D eigenvalue weighted by atomic mass is 9.92. The molecule has 0 aliphatic carbocycles. The highest BCUT2D eigenvalue weighted by molar-refractivity contribution is 7.54. The molecule has 0 amide bonds. The second-order valence-corrected chi connectivity index (χ2v) is 13.2. The third-order valence-electron chi connectivity index (χ3n) is 6.46. The van der Waals surface area contributed by atoms with Crippen molar-refractivity contribution < 1.29 is 38.1 Å². The molecule has 3 heterocycles. The molecule has 220 valence electrons. The largest absolute Gasteiger partial charge is 0.465 e.